The molecule has 0 spiro atoms. The van der Waals surface area contributed by atoms with Crippen molar-refractivity contribution in [2.45, 2.75) is 6.92 Å². The first-order valence-corrected chi connectivity index (χ1v) is 3.47. The molecule has 1 heterocycles. The monoisotopic (exact) mass is 166 g/mol. The van der Waals surface area contributed by atoms with Gasteiger partial charge in [-0.2, -0.15) is 0 Å². The SMILES string of the molecule is COc1ccc(/C(C)=N/O)cn1. The number of nitrogens with zero attached hydrogens (tertiary/aromatic N) is 2. The number of ether oxygens (including phenoxy) is 1. The summed E-state index contributed by atoms with van der Waals surface area (Å²) in [5.74, 6) is 0.546. The maximum Gasteiger partial charge on any atom is 0.212 e. The third-order valence-corrected chi connectivity index (χ3v) is 1.51. The predicted molar refractivity (Wildman–Crippen MR) is 44.8 cm³/mol. The van der Waals surface area contributed by atoms with Gasteiger partial charge in [0, 0.05) is 17.8 Å². The summed E-state index contributed by atoms with van der Waals surface area (Å²) in [5.41, 5.74) is 1.31. The first-order valence-electron chi connectivity index (χ1n) is 3.47. The highest BCUT2D eigenvalue weighted by molar-refractivity contribution is 5.97. The van der Waals surface area contributed by atoms with Gasteiger partial charge in [-0.25, -0.2) is 4.98 Å². The van der Waals surface area contributed by atoms with Gasteiger partial charge in [0.2, 0.25) is 5.88 Å². The molecule has 0 saturated carbocycles. The van der Waals surface area contributed by atoms with Crippen LogP contribution in [0, 0.1) is 0 Å². The van der Waals surface area contributed by atoms with Gasteiger partial charge in [0.25, 0.3) is 0 Å². The Kier molecular flexibility index (Phi) is 2.63. The zero-order valence-corrected chi connectivity index (χ0v) is 6.98. The van der Waals surface area contributed by atoms with E-state index in [-0.39, 0.29) is 0 Å². The molecule has 12 heavy (non-hydrogen) atoms. The second-order valence-corrected chi connectivity index (χ2v) is 2.27. The highest BCUT2D eigenvalue weighted by atomic mass is 16.5. The van der Waals surface area contributed by atoms with Crippen molar-refractivity contribution in [3.8, 4) is 5.88 Å². The molecule has 1 N–H and O–H groups in total. The van der Waals surface area contributed by atoms with Gasteiger partial charge >= 0.3 is 0 Å². The first kappa shape index (κ1) is 8.52. The molecule has 4 nitrogen and oxygen atoms in total. The van der Waals surface area contributed by atoms with Crippen LogP contribution in [0.5, 0.6) is 5.88 Å². The number of hydrogen-bond donors (Lipinski definition) is 1. The highest BCUT2D eigenvalue weighted by Gasteiger charge is 1.98. The maximum absolute atomic E-state index is 8.44. The molecule has 0 aromatic carbocycles. The van der Waals surface area contributed by atoms with E-state index >= 15 is 0 Å². The van der Waals surface area contributed by atoms with Gasteiger partial charge in [0.1, 0.15) is 0 Å². The molecule has 1 aromatic heterocycles. The Balaban J connectivity index is 2.92. The average Bonchev–Trinajstić information content (AvgIpc) is 2.17. The summed E-state index contributed by atoms with van der Waals surface area (Å²) in [5, 5.41) is 11.5. The number of rotatable bonds is 2. The number of hydrogen-bond acceptors (Lipinski definition) is 4. The van der Waals surface area contributed by atoms with Crippen LogP contribution in [0.15, 0.2) is 23.5 Å². The molecule has 0 radical (unpaired) electrons. The third kappa shape index (κ3) is 1.72. The molecule has 0 atom stereocenters. The molecular weight excluding hydrogens is 156 g/mol. The van der Waals surface area contributed by atoms with Gasteiger partial charge < -0.3 is 9.94 Å². The number of oxime groups is 1. The zero-order valence-electron chi connectivity index (χ0n) is 6.98. The Morgan fingerprint density at radius 2 is 2.33 bits per heavy atom. The lowest BCUT2D eigenvalue weighted by Crippen LogP contribution is -1.96. The van der Waals surface area contributed by atoms with E-state index in [0.29, 0.717) is 11.6 Å². The van der Waals surface area contributed by atoms with E-state index in [0.717, 1.165) is 5.56 Å². The van der Waals surface area contributed by atoms with Crippen molar-refractivity contribution >= 4 is 5.71 Å². The predicted octanol–water partition coefficient (Wildman–Crippen LogP) is 1.29. The molecule has 1 rings (SSSR count). The smallest absolute Gasteiger partial charge is 0.212 e. The topological polar surface area (TPSA) is 54.7 Å². The van der Waals surface area contributed by atoms with Crippen molar-refractivity contribution in [3.63, 3.8) is 0 Å². The van der Waals surface area contributed by atoms with E-state index in [2.05, 4.69) is 10.1 Å². The lowest BCUT2D eigenvalue weighted by atomic mass is 10.2. The minimum Gasteiger partial charge on any atom is -0.481 e. The minimum atomic E-state index is 0.533. The summed E-state index contributed by atoms with van der Waals surface area (Å²) in [7, 11) is 1.55. The van der Waals surface area contributed by atoms with Crippen molar-refractivity contribution < 1.29 is 9.94 Å². The van der Waals surface area contributed by atoms with Crippen LogP contribution < -0.4 is 4.74 Å². The fourth-order valence-corrected chi connectivity index (χ4v) is 0.773. The van der Waals surface area contributed by atoms with Crippen LogP contribution >= 0.6 is 0 Å². The molecule has 0 aliphatic rings. The molecule has 64 valence electrons. The van der Waals surface area contributed by atoms with Crippen LogP contribution in [-0.2, 0) is 0 Å². The van der Waals surface area contributed by atoms with Crippen LogP contribution in [0.1, 0.15) is 12.5 Å². The zero-order chi connectivity index (χ0) is 8.97. The molecule has 0 aliphatic carbocycles. The van der Waals surface area contributed by atoms with Crippen LogP contribution in [-0.4, -0.2) is 23.0 Å². The van der Waals surface area contributed by atoms with Crippen LogP contribution in [0.25, 0.3) is 0 Å². The van der Waals surface area contributed by atoms with Crippen molar-refractivity contribution in [2.75, 3.05) is 7.11 Å². The Bertz CT molecular complexity index is 280. The lowest BCUT2D eigenvalue weighted by molar-refractivity contribution is 0.319. The van der Waals surface area contributed by atoms with E-state index < -0.39 is 0 Å². The Morgan fingerprint density at radius 1 is 1.58 bits per heavy atom. The average molecular weight is 166 g/mol. The maximum atomic E-state index is 8.44. The number of methoxy groups -OCH3 is 1. The number of aromatic nitrogens is 1. The largest absolute Gasteiger partial charge is 0.481 e. The van der Waals surface area contributed by atoms with Crippen LogP contribution in [0.3, 0.4) is 0 Å². The Morgan fingerprint density at radius 3 is 2.75 bits per heavy atom. The van der Waals surface area contributed by atoms with Gasteiger partial charge in [0.05, 0.1) is 12.8 Å². The molecule has 0 fully saturated rings. The van der Waals surface area contributed by atoms with E-state index in [1.165, 1.54) is 0 Å². The molecule has 0 amide bonds. The lowest BCUT2D eigenvalue weighted by Gasteiger charge is -1.99. The normalized spacial score (nSPS) is 11.3. The van der Waals surface area contributed by atoms with Gasteiger partial charge in [-0.15, -0.1) is 0 Å². The third-order valence-electron chi connectivity index (χ3n) is 1.51. The van der Waals surface area contributed by atoms with Gasteiger partial charge in [-0.3, -0.25) is 0 Å². The fraction of sp³-hybridized carbons (Fsp3) is 0.250. The van der Waals surface area contributed by atoms with Crippen molar-refractivity contribution in [3.05, 3.63) is 23.9 Å². The standard InChI is InChI=1S/C8H10N2O2/c1-6(10-11)7-3-4-8(12-2)9-5-7/h3-5,11H,1-2H3/b10-6+. The van der Waals surface area contributed by atoms with Crippen molar-refractivity contribution in [2.24, 2.45) is 5.16 Å². The summed E-state index contributed by atoms with van der Waals surface area (Å²) >= 11 is 0. The minimum absolute atomic E-state index is 0.533. The summed E-state index contributed by atoms with van der Waals surface area (Å²) in [6, 6.07) is 3.49. The van der Waals surface area contributed by atoms with Gasteiger partial charge in [-0.1, -0.05) is 5.16 Å². The van der Waals surface area contributed by atoms with Crippen molar-refractivity contribution in [1.29, 1.82) is 0 Å². The van der Waals surface area contributed by atoms with Crippen molar-refractivity contribution in [1.82, 2.24) is 4.98 Å². The Labute approximate surface area is 70.5 Å². The first-order chi connectivity index (χ1) is 5.77. The number of pyridine rings is 1. The molecule has 0 bridgehead atoms. The molecule has 4 heteroatoms. The molecule has 0 unspecified atom stereocenters. The van der Waals surface area contributed by atoms with Gasteiger partial charge in [0.15, 0.2) is 0 Å². The van der Waals surface area contributed by atoms with Crippen LogP contribution in [0.4, 0.5) is 0 Å². The van der Waals surface area contributed by atoms with Gasteiger partial charge in [-0.05, 0) is 13.0 Å². The van der Waals surface area contributed by atoms with E-state index in [1.807, 2.05) is 0 Å². The summed E-state index contributed by atoms with van der Waals surface area (Å²) in [4.78, 5) is 3.95. The summed E-state index contributed by atoms with van der Waals surface area (Å²) < 4.78 is 4.87. The second-order valence-electron chi connectivity index (χ2n) is 2.27. The quantitative estimate of drug-likeness (QED) is 0.409. The summed E-state index contributed by atoms with van der Waals surface area (Å²) in [6.45, 7) is 1.70. The van der Waals surface area contributed by atoms with Crippen LogP contribution in [0.2, 0.25) is 0 Å². The van der Waals surface area contributed by atoms with E-state index in [4.69, 9.17) is 9.94 Å². The Hall–Kier alpha value is -1.58. The molecule has 1 aromatic rings. The van der Waals surface area contributed by atoms with E-state index in [1.54, 1.807) is 32.4 Å². The van der Waals surface area contributed by atoms with E-state index in [9.17, 15) is 0 Å². The highest BCUT2D eigenvalue weighted by Crippen LogP contribution is 2.07. The molecule has 0 saturated heterocycles. The molecular formula is C8H10N2O2. The second kappa shape index (κ2) is 3.71. The molecule has 0 aliphatic heterocycles. The summed E-state index contributed by atoms with van der Waals surface area (Å²) in [6.07, 6.45) is 1.59. The fourth-order valence-electron chi connectivity index (χ4n) is 0.773.